The van der Waals surface area contributed by atoms with Crippen LogP contribution in [0.4, 0.5) is 0 Å². The molecule has 0 bridgehead atoms. The fourth-order valence-electron chi connectivity index (χ4n) is 3.18. The van der Waals surface area contributed by atoms with Gasteiger partial charge in [0.25, 0.3) is 5.56 Å². The number of rotatable bonds is 5. The number of hydrogen-bond acceptors (Lipinski definition) is 4. The molecule has 2 heterocycles. The molecule has 142 valence electrons. The number of halogens is 2. The number of aromatic nitrogens is 4. The van der Waals surface area contributed by atoms with Gasteiger partial charge in [-0.05, 0) is 40.8 Å². The minimum Gasteiger partial charge on any atom is -0.390 e. The Kier molecular flexibility index (Phi) is 4.52. The Morgan fingerprint density at radius 1 is 1.22 bits per heavy atom. The third-order valence-electron chi connectivity index (χ3n) is 5.08. The first-order chi connectivity index (χ1) is 12.8. The van der Waals surface area contributed by atoms with Gasteiger partial charge in [-0.3, -0.25) is 13.9 Å². The first kappa shape index (κ1) is 18.5. The molecule has 0 spiro atoms. The quantitative estimate of drug-likeness (QED) is 0.590. The molecule has 4 rings (SSSR count). The van der Waals surface area contributed by atoms with Crippen LogP contribution < -0.4 is 11.2 Å². The molecule has 0 amide bonds. The summed E-state index contributed by atoms with van der Waals surface area (Å²) in [7, 11) is 1.60. The Hall–Kier alpha value is -1.90. The van der Waals surface area contributed by atoms with Gasteiger partial charge in [-0.1, -0.05) is 12.1 Å². The normalized spacial score (nSPS) is 15.4. The zero-order valence-corrected chi connectivity index (χ0v) is 17.1. The third-order valence-corrected chi connectivity index (χ3v) is 5.96. The lowest BCUT2D eigenvalue weighted by molar-refractivity contribution is -0.288. The van der Waals surface area contributed by atoms with Gasteiger partial charge in [0.2, 0.25) is 5.02 Å². The summed E-state index contributed by atoms with van der Waals surface area (Å²) in [4.78, 5) is 30.1. The molecule has 1 aromatic carbocycles. The molecule has 27 heavy (non-hydrogen) atoms. The molecule has 0 aliphatic heterocycles. The van der Waals surface area contributed by atoms with E-state index in [0.29, 0.717) is 41.7 Å². The highest BCUT2D eigenvalue weighted by Crippen LogP contribution is 2.38. The third kappa shape index (κ3) is 3.37. The Morgan fingerprint density at radius 3 is 2.52 bits per heavy atom. The van der Waals surface area contributed by atoms with Crippen LogP contribution in [0.25, 0.3) is 11.2 Å². The highest BCUT2D eigenvalue weighted by atomic mass is 79.9. The average Bonchev–Trinajstić information content (AvgIpc) is 3.28. The summed E-state index contributed by atoms with van der Waals surface area (Å²) < 4.78 is 4.79. The van der Waals surface area contributed by atoms with Crippen molar-refractivity contribution in [1.29, 1.82) is 0 Å². The van der Waals surface area contributed by atoms with Crippen LogP contribution in [0, 0.1) is 11.6 Å². The lowest BCUT2D eigenvalue weighted by atomic mass is 10.2. The Labute approximate surface area is 168 Å². The van der Waals surface area contributed by atoms with E-state index in [1.165, 1.54) is 9.13 Å². The highest BCUT2D eigenvalue weighted by Gasteiger charge is 2.40. The van der Waals surface area contributed by atoms with Gasteiger partial charge < -0.3 is 9.67 Å². The smallest absolute Gasteiger partial charge is 0.332 e. The van der Waals surface area contributed by atoms with E-state index in [0.717, 1.165) is 10.6 Å². The van der Waals surface area contributed by atoms with Gasteiger partial charge in [0.15, 0.2) is 27.5 Å². The van der Waals surface area contributed by atoms with E-state index in [9.17, 15) is 14.7 Å². The summed E-state index contributed by atoms with van der Waals surface area (Å²) in [5, 5.41) is 10.8. The number of aryl methyl sites for hydroxylation is 1. The lowest BCUT2D eigenvalue weighted by Gasteiger charge is -2.12. The van der Waals surface area contributed by atoms with Gasteiger partial charge in [0.05, 0.1) is 12.1 Å². The largest absolute Gasteiger partial charge is 0.390 e. The maximum absolute atomic E-state index is 13.1. The first-order valence-corrected chi connectivity index (χ1v) is 9.83. The molecule has 1 saturated carbocycles. The molecule has 0 unspecified atom stereocenters. The van der Waals surface area contributed by atoms with Crippen molar-refractivity contribution >= 4 is 27.1 Å². The lowest BCUT2D eigenvalue weighted by Crippen LogP contribution is -2.40. The van der Waals surface area contributed by atoms with Gasteiger partial charge in [0.1, 0.15) is 0 Å². The summed E-state index contributed by atoms with van der Waals surface area (Å²) in [6, 6.07) is 7.48. The van der Waals surface area contributed by atoms with Crippen molar-refractivity contribution in [2.24, 2.45) is 7.05 Å². The molecular weight excluding hydrogens is 436 g/mol. The molecule has 3 aromatic rings. The number of benzene rings is 1. The van der Waals surface area contributed by atoms with Gasteiger partial charge in [0, 0.05) is 25.7 Å². The van der Waals surface area contributed by atoms with Crippen LogP contribution in [-0.2, 0) is 20.1 Å². The van der Waals surface area contributed by atoms with Crippen LogP contribution in [0.3, 0.4) is 0 Å². The van der Waals surface area contributed by atoms with Gasteiger partial charge >= 0.3 is 5.69 Å². The Bertz CT molecular complexity index is 1140. The fraction of sp³-hybridized carbons (Fsp3) is 0.389. The first-order valence-electron chi connectivity index (χ1n) is 8.63. The zero-order chi connectivity index (χ0) is 19.3. The second-order valence-electron chi connectivity index (χ2n) is 7.06. The van der Waals surface area contributed by atoms with Gasteiger partial charge in [-0.15, -0.1) is 0 Å². The Balaban J connectivity index is 1.83. The average molecular weight is 455 g/mol. The van der Waals surface area contributed by atoms with Crippen molar-refractivity contribution in [2.45, 2.75) is 38.0 Å². The van der Waals surface area contributed by atoms with E-state index in [2.05, 4.69) is 20.9 Å². The summed E-state index contributed by atoms with van der Waals surface area (Å²) in [5.74, 6) is 0. The second kappa shape index (κ2) is 6.61. The van der Waals surface area contributed by atoms with Crippen LogP contribution in [0.1, 0.15) is 24.8 Å². The zero-order valence-electron chi connectivity index (χ0n) is 14.7. The van der Waals surface area contributed by atoms with E-state index in [1.54, 1.807) is 11.6 Å². The van der Waals surface area contributed by atoms with Gasteiger partial charge in [-0.2, -0.15) is 0 Å². The predicted molar refractivity (Wildman–Crippen MR) is 102 cm³/mol. The monoisotopic (exact) mass is 453 g/mol. The minimum atomic E-state index is -0.730. The highest BCUT2D eigenvalue weighted by molar-refractivity contribution is 9.10. The molecule has 0 saturated heterocycles. The van der Waals surface area contributed by atoms with Crippen LogP contribution in [0.5, 0.6) is 0 Å². The summed E-state index contributed by atoms with van der Waals surface area (Å²) >= 11 is 8.52. The standard InChI is InChI=1S/C18H19BrClN4O3/c1-22-14-13(15(25)23(17(22)26)9-8-18(27)6-7-18)24(16(19)21-14)10-11-2-4-12(20)5-3-11/h2-5,20,27H,6-10H2,1H3/q+1. The molecule has 0 atom stereocenters. The summed E-state index contributed by atoms with van der Waals surface area (Å²) in [6.45, 7) is 0.607. The van der Waals surface area contributed by atoms with Crippen LogP contribution in [0.15, 0.2) is 38.6 Å². The predicted octanol–water partition coefficient (Wildman–Crippen LogP) is 1.32. The number of imidazole rings is 1. The molecule has 1 aliphatic carbocycles. The topological polar surface area (TPSA) is 82.0 Å². The SMILES string of the molecule is Cn1c(=O)n(CCC2(O)CC2)c(=O)c2c1nc(Br)n2Cc1ccc([ClH+])cc1. The number of fused-ring (bicyclic) bond motifs is 1. The van der Waals surface area contributed by atoms with Crippen molar-refractivity contribution in [3.8, 4) is 0 Å². The molecule has 0 radical (unpaired) electrons. The van der Waals surface area contributed by atoms with Crippen molar-refractivity contribution in [3.63, 3.8) is 0 Å². The van der Waals surface area contributed by atoms with E-state index >= 15 is 0 Å². The van der Waals surface area contributed by atoms with Crippen molar-refractivity contribution < 1.29 is 16.7 Å². The molecule has 2 aromatic heterocycles. The van der Waals surface area contributed by atoms with Crippen LogP contribution in [0.2, 0.25) is 5.02 Å². The van der Waals surface area contributed by atoms with E-state index in [1.807, 2.05) is 24.3 Å². The molecule has 9 heteroatoms. The van der Waals surface area contributed by atoms with Crippen molar-refractivity contribution in [1.82, 2.24) is 18.7 Å². The summed E-state index contributed by atoms with van der Waals surface area (Å²) in [5.41, 5.74) is 0.106. The van der Waals surface area contributed by atoms with E-state index < -0.39 is 16.9 Å². The Morgan fingerprint density at radius 2 is 1.89 bits per heavy atom. The maximum Gasteiger partial charge on any atom is 0.332 e. The molecule has 1 N–H and O–H groups in total. The molecule has 1 fully saturated rings. The number of aliphatic hydroxyl groups is 1. The van der Waals surface area contributed by atoms with Gasteiger partial charge in [-0.25, -0.2) is 9.78 Å². The summed E-state index contributed by atoms with van der Waals surface area (Å²) in [6.07, 6.45) is 1.82. The fourth-order valence-corrected chi connectivity index (χ4v) is 3.78. The molecular formula is C18H19BrClN4O3+. The number of hydrogen-bond donors (Lipinski definition) is 1. The second-order valence-corrected chi connectivity index (χ2v) is 8.24. The van der Waals surface area contributed by atoms with Crippen molar-refractivity contribution in [3.05, 3.63) is 60.4 Å². The minimum absolute atomic E-state index is 0.186. The van der Waals surface area contributed by atoms with Crippen molar-refractivity contribution in [2.75, 3.05) is 0 Å². The number of nitrogens with zero attached hydrogens (tertiary/aromatic N) is 4. The van der Waals surface area contributed by atoms with E-state index in [-0.39, 0.29) is 6.54 Å². The molecule has 1 aliphatic rings. The maximum atomic E-state index is 13.1. The van der Waals surface area contributed by atoms with E-state index in [4.69, 9.17) is 11.6 Å². The van der Waals surface area contributed by atoms with Crippen LogP contribution in [-0.4, -0.2) is 29.4 Å². The van der Waals surface area contributed by atoms with Crippen LogP contribution >= 0.6 is 15.9 Å². The molecule has 7 nitrogen and oxygen atoms in total.